The number of benzene rings is 1. The number of fused-ring (bicyclic) bond motifs is 2. The largest absolute Gasteiger partial charge is 0.370 e. The Balaban J connectivity index is 1.26. The molecule has 35 heavy (non-hydrogen) atoms. The molecule has 0 aliphatic carbocycles. The zero-order valence-electron chi connectivity index (χ0n) is 19.4. The lowest BCUT2D eigenvalue weighted by Gasteiger charge is -2.36. The maximum atomic E-state index is 13.3. The fraction of sp³-hybridized carbons (Fsp3) is 0.308. The molecule has 0 amide bonds. The predicted octanol–water partition coefficient (Wildman–Crippen LogP) is 3.07. The number of morpholine rings is 1. The van der Waals surface area contributed by atoms with Crippen LogP contribution >= 0.6 is 0 Å². The number of hydrogen-bond donors (Lipinski definition) is 0. The van der Waals surface area contributed by atoms with Gasteiger partial charge in [-0.15, -0.1) is 5.10 Å². The predicted molar refractivity (Wildman–Crippen MR) is 130 cm³/mol. The standard InChI is InChI=1S/C26H25FN6O2/c1-17-12-24-28-8-6-25(34)33(24)30-26(17)32-9-7-22-19(15-32)13-21(14-29-22)31-10-11-35-23(16-31)18-2-4-20(27)5-3-18/h2-6,8,12-14,23H,7,9-11,15-16H2,1H3. The van der Waals surface area contributed by atoms with Crippen LogP contribution in [0.15, 0.2) is 59.7 Å². The number of pyridine rings is 1. The first kappa shape index (κ1) is 21.7. The molecule has 0 bridgehead atoms. The van der Waals surface area contributed by atoms with E-state index in [1.165, 1.54) is 28.9 Å². The molecule has 6 rings (SSSR count). The summed E-state index contributed by atoms with van der Waals surface area (Å²) in [6.45, 7) is 5.47. The van der Waals surface area contributed by atoms with Gasteiger partial charge in [0.05, 0.1) is 18.5 Å². The Hall–Kier alpha value is -3.85. The van der Waals surface area contributed by atoms with E-state index in [1.54, 1.807) is 12.1 Å². The van der Waals surface area contributed by atoms with Crippen molar-refractivity contribution in [1.82, 2.24) is 19.6 Å². The molecule has 1 aromatic carbocycles. The van der Waals surface area contributed by atoms with E-state index in [2.05, 4.69) is 25.9 Å². The van der Waals surface area contributed by atoms with E-state index in [4.69, 9.17) is 9.72 Å². The van der Waals surface area contributed by atoms with Crippen molar-refractivity contribution < 1.29 is 9.13 Å². The fourth-order valence-corrected chi connectivity index (χ4v) is 4.89. The molecule has 1 unspecified atom stereocenters. The number of ether oxygens (including phenoxy) is 1. The molecule has 3 aromatic heterocycles. The van der Waals surface area contributed by atoms with Gasteiger partial charge >= 0.3 is 0 Å². The van der Waals surface area contributed by atoms with Gasteiger partial charge in [-0.3, -0.25) is 9.78 Å². The third-order valence-corrected chi connectivity index (χ3v) is 6.74. The molecule has 2 aliphatic rings. The van der Waals surface area contributed by atoms with Crippen LogP contribution in [0.2, 0.25) is 0 Å². The highest BCUT2D eigenvalue weighted by Crippen LogP contribution is 2.30. The number of anilines is 2. The summed E-state index contributed by atoms with van der Waals surface area (Å²) < 4.78 is 20.7. The number of hydrogen-bond acceptors (Lipinski definition) is 7. The molecule has 1 fully saturated rings. The molecule has 2 aliphatic heterocycles. The van der Waals surface area contributed by atoms with Gasteiger partial charge in [-0.25, -0.2) is 9.37 Å². The van der Waals surface area contributed by atoms with Crippen LogP contribution in [-0.4, -0.2) is 45.8 Å². The summed E-state index contributed by atoms with van der Waals surface area (Å²) in [7, 11) is 0. The van der Waals surface area contributed by atoms with Crippen LogP contribution in [0.5, 0.6) is 0 Å². The van der Waals surface area contributed by atoms with Crippen LogP contribution in [0.4, 0.5) is 15.9 Å². The van der Waals surface area contributed by atoms with E-state index >= 15 is 0 Å². The Morgan fingerprint density at radius 1 is 1.06 bits per heavy atom. The first-order valence-electron chi connectivity index (χ1n) is 11.8. The molecule has 0 spiro atoms. The number of aromatic nitrogens is 4. The number of rotatable bonds is 3. The molecule has 4 aromatic rings. The van der Waals surface area contributed by atoms with Crippen molar-refractivity contribution in [3.05, 3.63) is 93.4 Å². The van der Waals surface area contributed by atoms with Gasteiger partial charge in [-0.05, 0) is 47.9 Å². The van der Waals surface area contributed by atoms with E-state index in [0.717, 1.165) is 53.4 Å². The third-order valence-electron chi connectivity index (χ3n) is 6.74. The summed E-state index contributed by atoms with van der Waals surface area (Å²) in [5, 5.41) is 4.63. The average molecular weight is 473 g/mol. The Labute approximate surface area is 201 Å². The van der Waals surface area contributed by atoms with Gasteiger partial charge in [0, 0.05) is 50.6 Å². The summed E-state index contributed by atoms with van der Waals surface area (Å²) in [5.41, 5.74) is 5.58. The van der Waals surface area contributed by atoms with Crippen LogP contribution in [-0.2, 0) is 17.7 Å². The smallest absolute Gasteiger partial charge is 0.274 e. The molecule has 0 N–H and O–H groups in total. The van der Waals surface area contributed by atoms with Crippen molar-refractivity contribution in [3.8, 4) is 0 Å². The van der Waals surface area contributed by atoms with Crippen LogP contribution in [0.1, 0.15) is 28.5 Å². The highest BCUT2D eigenvalue weighted by Gasteiger charge is 2.25. The lowest BCUT2D eigenvalue weighted by Crippen LogP contribution is -2.39. The van der Waals surface area contributed by atoms with Gasteiger partial charge in [0.15, 0.2) is 11.5 Å². The molecule has 1 atom stereocenters. The lowest BCUT2D eigenvalue weighted by atomic mass is 10.0. The minimum absolute atomic E-state index is 0.117. The zero-order valence-corrected chi connectivity index (χ0v) is 19.4. The number of halogens is 1. The summed E-state index contributed by atoms with van der Waals surface area (Å²) in [6, 6.07) is 12.0. The Bertz CT molecular complexity index is 1450. The number of aryl methyl sites for hydroxylation is 1. The second-order valence-corrected chi connectivity index (χ2v) is 9.03. The topological polar surface area (TPSA) is 75.9 Å². The lowest BCUT2D eigenvalue weighted by molar-refractivity contribution is 0.0397. The van der Waals surface area contributed by atoms with Crippen molar-refractivity contribution in [2.75, 3.05) is 36.0 Å². The van der Waals surface area contributed by atoms with Crippen molar-refractivity contribution in [1.29, 1.82) is 0 Å². The second kappa shape index (κ2) is 8.74. The van der Waals surface area contributed by atoms with E-state index in [9.17, 15) is 9.18 Å². The van der Waals surface area contributed by atoms with E-state index in [1.807, 2.05) is 19.2 Å². The summed E-state index contributed by atoms with van der Waals surface area (Å²) >= 11 is 0. The Kier molecular flexibility index (Phi) is 5.41. The minimum Gasteiger partial charge on any atom is -0.370 e. The molecule has 0 radical (unpaired) electrons. The first-order valence-corrected chi connectivity index (χ1v) is 11.8. The third kappa shape index (κ3) is 4.12. The van der Waals surface area contributed by atoms with Gasteiger partial charge in [0.1, 0.15) is 11.9 Å². The van der Waals surface area contributed by atoms with Gasteiger partial charge in [-0.1, -0.05) is 12.1 Å². The van der Waals surface area contributed by atoms with Gasteiger partial charge in [-0.2, -0.15) is 4.52 Å². The van der Waals surface area contributed by atoms with E-state index in [-0.39, 0.29) is 17.5 Å². The molecule has 1 saturated heterocycles. The van der Waals surface area contributed by atoms with Crippen LogP contribution in [0.25, 0.3) is 5.65 Å². The molecule has 9 heteroatoms. The van der Waals surface area contributed by atoms with Crippen molar-refractivity contribution >= 4 is 17.2 Å². The van der Waals surface area contributed by atoms with Gasteiger partial charge in [0.25, 0.3) is 5.56 Å². The SMILES string of the molecule is Cc1cc2nccc(=O)n2nc1N1CCc2ncc(N3CCOC(c4ccc(F)cc4)C3)cc2C1. The Morgan fingerprint density at radius 2 is 1.91 bits per heavy atom. The van der Waals surface area contributed by atoms with Gasteiger partial charge in [0.2, 0.25) is 0 Å². The second-order valence-electron chi connectivity index (χ2n) is 9.03. The summed E-state index contributed by atoms with van der Waals surface area (Å²) in [6.07, 6.45) is 4.13. The monoisotopic (exact) mass is 472 g/mol. The van der Waals surface area contributed by atoms with E-state index in [0.29, 0.717) is 25.3 Å². The molecule has 178 valence electrons. The fourth-order valence-electron chi connectivity index (χ4n) is 4.89. The molecular weight excluding hydrogens is 447 g/mol. The van der Waals surface area contributed by atoms with Crippen LogP contribution in [0, 0.1) is 12.7 Å². The summed E-state index contributed by atoms with van der Waals surface area (Å²) in [5.74, 6) is 0.536. The molecule has 5 heterocycles. The highest BCUT2D eigenvalue weighted by atomic mass is 19.1. The van der Waals surface area contributed by atoms with E-state index < -0.39 is 0 Å². The van der Waals surface area contributed by atoms with Crippen LogP contribution in [0.3, 0.4) is 0 Å². The summed E-state index contributed by atoms with van der Waals surface area (Å²) in [4.78, 5) is 25.8. The molecule has 0 saturated carbocycles. The Morgan fingerprint density at radius 3 is 2.77 bits per heavy atom. The van der Waals surface area contributed by atoms with Crippen molar-refractivity contribution in [2.45, 2.75) is 26.0 Å². The highest BCUT2D eigenvalue weighted by molar-refractivity contribution is 5.55. The molecule has 8 nitrogen and oxygen atoms in total. The van der Waals surface area contributed by atoms with Crippen molar-refractivity contribution in [2.24, 2.45) is 0 Å². The molecular formula is C26H25FN6O2. The van der Waals surface area contributed by atoms with Crippen molar-refractivity contribution in [3.63, 3.8) is 0 Å². The number of nitrogens with zero attached hydrogens (tertiary/aromatic N) is 6. The normalized spacial score (nSPS) is 18.1. The zero-order chi connectivity index (χ0) is 23.9. The van der Waals surface area contributed by atoms with Gasteiger partial charge < -0.3 is 14.5 Å². The minimum atomic E-state index is -0.248. The average Bonchev–Trinajstić information content (AvgIpc) is 2.88. The maximum absolute atomic E-state index is 13.3. The van der Waals surface area contributed by atoms with Crippen LogP contribution < -0.4 is 15.4 Å². The maximum Gasteiger partial charge on any atom is 0.274 e. The quantitative estimate of drug-likeness (QED) is 0.454. The first-order chi connectivity index (χ1) is 17.0.